The number of amides is 2. The highest BCUT2D eigenvalue weighted by atomic mass is 16.2. The predicted octanol–water partition coefficient (Wildman–Crippen LogP) is -0.784. The van der Waals surface area contributed by atoms with Crippen molar-refractivity contribution in [2.45, 2.75) is 64.1 Å². The van der Waals surface area contributed by atoms with Crippen molar-refractivity contribution in [2.24, 2.45) is 56.2 Å². The smallest absolute Gasteiger partial charge is 0.261 e. The van der Waals surface area contributed by atoms with Crippen LogP contribution in [0.1, 0.15) is 56.3 Å². The molecule has 0 aromatic heterocycles. The largest absolute Gasteiger partial charge is 0.370 e. The van der Waals surface area contributed by atoms with E-state index in [2.05, 4.69) is 9.98 Å². The third kappa shape index (κ3) is 10.8. The molecule has 0 aliphatic rings. The van der Waals surface area contributed by atoms with Gasteiger partial charge in [-0.15, -0.1) is 0 Å². The number of unbranched alkanes of at least 4 members (excludes halogenated alkanes) is 1. The SMILES string of the molecule is CC(C)C(C(=O)[C@@H](N)CCCCN=C(N)N)[C@H](N)C(=O)N(C(=O)c1ccccc1)[C@H](C=O)CCCN=C(N)N. The summed E-state index contributed by atoms with van der Waals surface area (Å²) in [5.41, 5.74) is 34.1. The number of ketones is 1. The predicted molar refractivity (Wildman–Crippen MR) is 151 cm³/mol. The lowest BCUT2D eigenvalue weighted by Gasteiger charge is -2.33. The molecule has 0 radical (unpaired) electrons. The van der Waals surface area contributed by atoms with Crippen LogP contribution in [0.25, 0.3) is 0 Å². The fourth-order valence-corrected chi connectivity index (χ4v) is 4.21. The zero-order valence-electron chi connectivity index (χ0n) is 22.7. The lowest BCUT2D eigenvalue weighted by Crippen LogP contribution is -2.58. The highest BCUT2D eigenvalue weighted by Gasteiger charge is 2.41. The molecule has 39 heavy (non-hydrogen) atoms. The maximum atomic E-state index is 13.8. The molecule has 1 aromatic carbocycles. The van der Waals surface area contributed by atoms with Gasteiger partial charge in [0.1, 0.15) is 6.29 Å². The molecule has 0 aliphatic carbocycles. The number of benzene rings is 1. The van der Waals surface area contributed by atoms with Gasteiger partial charge < -0.3 is 39.2 Å². The summed E-state index contributed by atoms with van der Waals surface area (Å²) in [6.45, 7) is 4.10. The minimum Gasteiger partial charge on any atom is -0.370 e. The Morgan fingerprint density at radius 3 is 1.95 bits per heavy atom. The third-order valence-electron chi connectivity index (χ3n) is 6.22. The number of Topliss-reactive ketones (excluding diaryl/α,β-unsaturated/α-hetero) is 1. The van der Waals surface area contributed by atoms with Gasteiger partial charge in [-0.25, -0.2) is 0 Å². The molecule has 0 bridgehead atoms. The molecule has 0 saturated carbocycles. The number of imide groups is 1. The molecule has 0 fully saturated rings. The van der Waals surface area contributed by atoms with Crippen LogP contribution in [0.3, 0.4) is 0 Å². The summed E-state index contributed by atoms with van der Waals surface area (Å²) >= 11 is 0. The van der Waals surface area contributed by atoms with Crippen LogP contribution in [0, 0.1) is 11.8 Å². The van der Waals surface area contributed by atoms with Gasteiger partial charge in [-0.2, -0.15) is 0 Å². The van der Waals surface area contributed by atoms with Crippen molar-refractivity contribution in [1.29, 1.82) is 0 Å². The lowest BCUT2D eigenvalue weighted by molar-refractivity contribution is -0.139. The number of carbonyl (C=O) groups is 4. The molecule has 13 heteroatoms. The average molecular weight is 546 g/mol. The van der Waals surface area contributed by atoms with Gasteiger partial charge in [0.05, 0.1) is 18.1 Å². The van der Waals surface area contributed by atoms with Crippen LogP contribution in [-0.2, 0) is 14.4 Å². The van der Waals surface area contributed by atoms with Gasteiger partial charge in [-0.1, -0.05) is 32.0 Å². The number of hydrogen-bond donors (Lipinski definition) is 6. The first-order chi connectivity index (χ1) is 18.4. The Labute approximate surface area is 229 Å². The highest BCUT2D eigenvalue weighted by Crippen LogP contribution is 2.23. The van der Waals surface area contributed by atoms with Gasteiger partial charge >= 0.3 is 0 Å². The summed E-state index contributed by atoms with van der Waals surface area (Å²) < 4.78 is 0. The monoisotopic (exact) mass is 545 g/mol. The molecule has 13 nitrogen and oxygen atoms in total. The van der Waals surface area contributed by atoms with Crippen LogP contribution in [0.5, 0.6) is 0 Å². The summed E-state index contributed by atoms with van der Waals surface area (Å²) in [7, 11) is 0. The summed E-state index contributed by atoms with van der Waals surface area (Å²) in [4.78, 5) is 61.3. The van der Waals surface area contributed by atoms with Crippen LogP contribution in [-0.4, -0.2) is 71.9 Å². The topological polar surface area (TPSA) is 252 Å². The molecule has 1 rings (SSSR count). The first kappa shape index (κ1) is 33.2. The molecular weight excluding hydrogens is 502 g/mol. The van der Waals surface area contributed by atoms with Crippen LogP contribution in [0.15, 0.2) is 40.3 Å². The van der Waals surface area contributed by atoms with E-state index in [9.17, 15) is 19.2 Å². The minimum atomic E-state index is -1.40. The molecule has 12 N–H and O–H groups in total. The third-order valence-corrected chi connectivity index (χ3v) is 6.22. The molecule has 216 valence electrons. The highest BCUT2D eigenvalue weighted by molar-refractivity contribution is 6.09. The molecule has 4 atom stereocenters. The number of guanidine groups is 2. The van der Waals surface area contributed by atoms with Crippen LogP contribution < -0.4 is 34.4 Å². The zero-order valence-corrected chi connectivity index (χ0v) is 22.7. The Kier molecular flexibility index (Phi) is 14.4. The standard InChI is InChI=1S/C26H43N9O4/c1-16(2)20(22(37)19(27)12-6-7-13-33-25(29)30)21(28)24(39)35(23(38)17-9-4-3-5-10-17)18(15-36)11-8-14-34-26(31)32/h3-5,9-10,15-16,18-21H,6-8,11-14,27-28H2,1-2H3,(H4,29,30,33)(H4,31,32,34)/t18-,19-,20?,21-/m0/s1. The van der Waals surface area contributed by atoms with Crippen molar-refractivity contribution in [3.05, 3.63) is 35.9 Å². The first-order valence-corrected chi connectivity index (χ1v) is 13.0. The van der Waals surface area contributed by atoms with E-state index in [1.807, 2.05) is 0 Å². The summed E-state index contributed by atoms with van der Waals surface area (Å²) in [5.74, 6) is -3.41. The van der Waals surface area contributed by atoms with E-state index < -0.39 is 41.6 Å². The summed E-state index contributed by atoms with van der Waals surface area (Å²) in [5, 5.41) is 0. The van der Waals surface area contributed by atoms with Crippen molar-refractivity contribution in [3.63, 3.8) is 0 Å². The van der Waals surface area contributed by atoms with E-state index in [0.717, 1.165) is 4.90 Å². The Morgan fingerprint density at radius 2 is 1.44 bits per heavy atom. The number of aliphatic imine (C=N–C) groups is 2. The van der Waals surface area contributed by atoms with Crippen molar-refractivity contribution in [2.75, 3.05) is 13.1 Å². The Morgan fingerprint density at radius 1 is 0.872 bits per heavy atom. The molecular formula is C26H43N9O4. The minimum absolute atomic E-state index is 0.0146. The molecule has 1 aromatic rings. The van der Waals surface area contributed by atoms with Crippen molar-refractivity contribution in [3.8, 4) is 0 Å². The fraction of sp³-hybridized carbons (Fsp3) is 0.538. The number of nitrogens with two attached hydrogens (primary N) is 6. The number of rotatable bonds is 17. The Bertz CT molecular complexity index is 1010. The van der Waals surface area contributed by atoms with Gasteiger partial charge in [0.2, 0.25) is 5.91 Å². The van der Waals surface area contributed by atoms with Crippen molar-refractivity contribution >= 4 is 35.8 Å². The van der Waals surface area contributed by atoms with Gasteiger partial charge in [0.25, 0.3) is 5.91 Å². The lowest BCUT2D eigenvalue weighted by atomic mass is 9.80. The number of carbonyl (C=O) groups excluding carboxylic acids is 4. The quantitative estimate of drug-likeness (QED) is 0.0615. The van der Waals surface area contributed by atoms with Crippen LogP contribution in [0.4, 0.5) is 0 Å². The second-order valence-corrected chi connectivity index (χ2v) is 9.64. The van der Waals surface area contributed by atoms with Gasteiger partial charge in [0, 0.05) is 24.6 Å². The number of nitrogens with zero attached hydrogens (tertiary/aromatic N) is 3. The van der Waals surface area contributed by atoms with E-state index >= 15 is 0 Å². The molecule has 0 heterocycles. The van der Waals surface area contributed by atoms with Crippen LogP contribution in [0.2, 0.25) is 0 Å². The summed E-state index contributed by atoms with van der Waals surface area (Å²) in [6, 6.07) is 4.62. The van der Waals surface area contributed by atoms with Crippen molar-refractivity contribution in [1.82, 2.24) is 4.90 Å². The van der Waals surface area contributed by atoms with E-state index in [4.69, 9.17) is 34.4 Å². The summed E-state index contributed by atoms with van der Waals surface area (Å²) in [6.07, 6.45) is 2.48. The average Bonchev–Trinajstić information content (AvgIpc) is 2.89. The molecule has 0 saturated heterocycles. The van der Waals surface area contributed by atoms with Crippen molar-refractivity contribution < 1.29 is 19.2 Å². The van der Waals surface area contributed by atoms with Gasteiger partial charge in [-0.3, -0.25) is 29.3 Å². The fourth-order valence-electron chi connectivity index (χ4n) is 4.21. The molecule has 1 unspecified atom stereocenters. The zero-order chi connectivity index (χ0) is 29.5. The van der Waals surface area contributed by atoms with E-state index in [0.29, 0.717) is 38.5 Å². The van der Waals surface area contributed by atoms with E-state index in [1.54, 1.807) is 32.0 Å². The second-order valence-electron chi connectivity index (χ2n) is 9.64. The Hall–Kier alpha value is -3.84. The maximum Gasteiger partial charge on any atom is 0.261 e. The number of hydrogen-bond acceptors (Lipinski definition) is 8. The molecule has 0 spiro atoms. The normalized spacial score (nSPS) is 14.0. The van der Waals surface area contributed by atoms with Gasteiger partial charge in [0.15, 0.2) is 17.7 Å². The Balaban J connectivity index is 3.19. The molecule has 2 amide bonds. The molecule has 0 aliphatic heterocycles. The van der Waals surface area contributed by atoms with Gasteiger partial charge in [-0.05, 0) is 50.2 Å². The first-order valence-electron chi connectivity index (χ1n) is 13.0. The van der Waals surface area contributed by atoms with E-state index in [-0.39, 0.29) is 36.4 Å². The van der Waals surface area contributed by atoms with Crippen LogP contribution >= 0.6 is 0 Å². The van der Waals surface area contributed by atoms with E-state index in [1.165, 1.54) is 12.1 Å². The second kappa shape index (κ2) is 16.9. The number of aldehydes is 1. The maximum absolute atomic E-state index is 13.8.